The molecule has 1 N–H and O–H groups in total. The highest BCUT2D eigenvalue weighted by molar-refractivity contribution is 5.92. The molecule has 0 aliphatic carbocycles. The quantitative estimate of drug-likeness (QED) is 0.881. The van der Waals surface area contributed by atoms with Gasteiger partial charge in [0.15, 0.2) is 5.82 Å². The van der Waals surface area contributed by atoms with Crippen LogP contribution >= 0.6 is 0 Å². The Morgan fingerprint density at radius 2 is 2.24 bits per heavy atom. The largest absolute Gasteiger partial charge is 0.367 e. The van der Waals surface area contributed by atoms with Gasteiger partial charge in [0, 0.05) is 32.9 Å². The molecule has 1 atom stereocenters. The number of carbonyl (C=O) groups is 2. The maximum Gasteiger partial charge on any atom is 0.270 e. The Morgan fingerprint density at radius 3 is 2.96 bits per heavy atom. The van der Waals surface area contributed by atoms with Crippen molar-refractivity contribution in [1.29, 1.82) is 0 Å². The van der Waals surface area contributed by atoms with Gasteiger partial charge in [-0.1, -0.05) is 0 Å². The van der Waals surface area contributed by atoms with Crippen molar-refractivity contribution in [1.82, 2.24) is 24.8 Å². The van der Waals surface area contributed by atoms with Crippen molar-refractivity contribution < 1.29 is 14.3 Å². The molecule has 0 aromatic carbocycles. The highest BCUT2D eigenvalue weighted by Crippen LogP contribution is 2.20. The Labute approximate surface area is 145 Å². The first-order valence-electron chi connectivity index (χ1n) is 8.13. The van der Waals surface area contributed by atoms with Crippen molar-refractivity contribution in [2.24, 2.45) is 7.05 Å². The first kappa shape index (κ1) is 17.1. The molecule has 0 saturated carbocycles. The molecule has 1 aliphatic rings. The summed E-state index contributed by atoms with van der Waals surface area (Å²) in [6.45, 7) is 3.16. The minimum absolute atomic E-state index is 0.0322. The van der Waals surface area contributed by atoms with Crippen molar-refractivity contribution in [3.05, 3.63) is 47.8 Å². The molecule has 3 heterocycles. The molecule has 3 rings (SSSR count). The zero-order chi connectivity index (χ0) is 17.8. The van der Waals surface area contributed by atoms with Crippen LogP contribution in [0.15, 0.2) is 30.6 Å². The Morgan fingerprint density at radius 1 is 1.40 bits per heavy atom. The van der Waals surface area contributed by atoms with Crippen molar-refractivity contribution >= 4 is 11.8 Å². The monoisotopic (exact) mass is 343 g/mol. The van der Waals surface area contributed by atoms with E-state index in [0.717, 1.165) is 0 Å². The van der Waals surface area contributed by atoms with Gasteiger partial charge < -0.3 is 19.5 Å². The molecule has 1 saturated heterocycles. The smallest absolute Gasteiger partial charge is 0.270 e. The maximum atomic E-state index is 12.7. The number of aromatic nitrogens is 3. The summed E-state index contributed by atoms with van der Waals surface area (Å²) in [6.07, 6.45) is 3.11. The summed E-state index contributed by atoms with van der Waals surface area (Å²) in [5, 5.41) is 2.71. The third-order valence-electron chi connectivity index (χ3n) is 4.05. The number of nitrogens with zero attached hydrogens (tertiary/aromatic N) is 4. The van der Waals surface area contributed by atoms with E-state index in [4.69, 9.17) is 4.74 Å². The molecule has 25 heavy (non-hydrogen) atoms. The number of carbonyl (C=O) groups excluding carboxylic acids is 2. The van der Waals surface area contributed by atoms with Crippen molar-refractivity contribution in [3.63, 3.8) is 0 Å². The van der Waals surface area contributed by atoms with Gasteiger partial charge in [0.05, 0.1) is 25.4 Å². The molecule has 1 aliphatic heterocycles. The van der Waals surface area contributed by atoms with Crippen LogP contribution in [-0.2, 0) is 23.1 Å². The van der Waals surface area contributed by atoms with E-state index in [-0.39, 0.29) is 17.9 Å². The van der Waals surface area contributed by atoms with E-state index < -0.39 is 0 Å². The normalized spacial score (nSPS) is 17.4. The number of hydrogen-bond donors (Lipinski definition) is 1. The Bertz CT molecular complexity index is 773. The molecule has 2 aromatic heterocycles. The molecule has 0 radical (unpaired) electrons. The number of amides is 2. The standard InChI is InChI=1S/C17H21N5O3/c1-12(23)19-10-13-5-6-18-16(20-13)15-11-22(8-9-25-15)17(24)14-4-3-7-21(14)2/h3-7,15H,8-11H2,1-2H3,(H,19,23). The van der Waals surface area contributed by atoms with Crippen LogP contribution in [0.5, 0.6) is 0 Å². The van der Waals surface area contributed by atoms with E-state index >= 15 is 0 Å². The van der Waals surface area contributed by atoms with E-state index in [1.807, 2.05) is 19.3 Å². The Hall–Kier alpha value is -2.74. The minimum Gasteiger partial charge on any atom is -0.367 e. The zero-order valence-corrected chi connectivity index (χ0v) is 14.3. The summed E-state index contributed by atoms with van der Waals surface area (Å²) < 4.78 is 7.56. The van der Waals surface area contributed by atoms with Crippen molar-refractivity contribution in [2.75, 3.05) is 19.7 Å². The highest BCUT2D eigenvalue weighted by Gasteiger charge is 2.28. The van der Waals surface area contributed by atoms with E-state index in [2.05, 4.69) is 15.3 Å². The van der Waals surface area contributed by atoms with Crippen LogP contribution in [0.25, 0.3) is 0 Å². The molecule has 1 fully saturated rings. The lowest BCUT2D eigenvalue weighted by Crippen LogP contribution is -2.43. The number of morpholine rings is 1. The summed E-state index contributed by atoms with van der Waals surface area (Å²) in [7, 11) is 1.85. The van der Waals surface area contributed by atoms with Gasteiger partial charge in [-0.15, -0.1) is 0 Å². The first-order chi connectivity index (χ1) is 12.0. The molecule has 8 nitrogen and oxygen atoms in total. The third kappa shape index (κ3) is 4.03. The molecule has 132 valence electrons. The predicted molar refractivity (Wildman–Crippen MR) is 89.6 cm³/mol. The second-order valence-corrected chi connectivity index (χ2v) is 5.93. The lowest BCUT2D eigenvalue weighted by molar-refractivity contribution is -0.119. The lowest BCUT2D eigenvalue weighted by Gasteiger charge is -2.32. The van der Waals surface area contributed by atoms with Gasteiger partial charge in [-0.2, -0.15) is 0 Å². The maximum absolute atomic E-state index is 12.7. The van der Waals surface area contributed by atoms with E-state index in [1.54, 1.807) is 27.8 Å². The number of nitrogens with one attached hydrogen (secondary N) is 1. The Kier molecular flexibility index (Phi) is 5.08. The van der Waals surface area contributed by atoms with Crippen molar-refractivity contribution in [2.45, 2.75) is 19.6 Å². The number of ether oxygens (including phenoxy) is 1. The molecule has 1 unspecified atom stereocenters. The third-order valence-corrected chi connectivity index (χ3v) is 4.05. The fourth-order valence-electron chi connectivity index (χ4n) is 2.72. The van der Waals surface area contributed by atoms with Gasteiger partial charge in [0.2, 0.25) is 5.91 Å². The van der Waals surface area contributed by atoms with Gasteiger partial charge in [-0.3, -0.25) is 9.59 Å². The molecule has 2 amide bonds. The predicted octanol–water partition coefficient (Wildman–Crippen LogP) is 0.665. The average molecular weight is 343 g/mol. The fraction of sp³-hybridized carbons (Fsp3) is 0.412. The average Bonchev–Trinajstić information content (AvgIpc) is 3.05. The second kappa shape index (κ2) is 7.43. The summed E-state index contributed by atoms with van der Waals surface area (Å²) in [5.41, 5.74) is 1.34. The molecular formula is C17H21N5O3. The zero-order valence-electron chi connectivity index (χ0n) is 14.3. The van der Waals surface area contributed by atoms with Gasteiger partial charge in [0.25, 0.3) is 5.91 Å². The highest BCUT2D eigenvalue weighted by atomic mass is 16.5. The van der Waals surface area contributed by atoms with Crippen LogP contribution in [-0.4, -0.2) is 50.9 Å². The van der Waals surface area contributed by atoms with Crippen molar-refractivity contribution in [3.8, 4) is 0 Å². The molecule has 0 spiro atoms. The summed E-state index contributed by atoms with van der Waals surface area (Å²) in [5.74, 6) is 0.371. The van der Waals surface area contributed by atoms with Crippen LogP contribution in [0.1, 0.15) is 35.0 Å². The van der Waals surface area contributed by atoms with Gasteiger partial charge in [0.1, 0.15) is 11.8 Å². The van der Waals surface area contributed by atoms with Gasteiger partial charge in [-0.25, -0.2) is 9.97 Å². The summed E-state index contributed by atoms with van der Waals surface area (Å²) in [6, 6.07) is 5.40. The van der Waals surface area contributed by atoms with Gasteiger partial charge in [-0.05, 0) is 18.2 Å². The topological polar surface area (TPSA) is 89.4 Å². The fourth-order valence-corrected chi connectivity index (χ4v) is 2.72. The van der Waals surface area contributed by atoms with Gasteiger partial charge >= 0.3 is 0 Å². The number of hydrogen-bond acceptors (Lipinski definition) is 5. The minimum atomic E-state index is -0.379. The number of rotatable bonds is 4. The van der Waals surface area contributed by atoms with Crippen LogP contribution < -0.4 is 5.32 Å². The van der Waals surface area contributed by atoms with E-state index in [1.165, 1.54) is 6.92 Å². The van der Waals surface area contributed by atoms with Crippen LogP contribution in [0.3, 0.4) is 0 Å². The molecule has 2 aromatic rings. The Balaban J connectivity index is 1.71. The van der Waals surface area contributed by atoms with Crippen LogP contribution in [0.2, 0.25) is 0 Å². The van der Waals surface area contributed by atoms with Crippen LogP contribution in [0, 0.1) is 0 Å². The lowest BCUT2D eigenvalue weighted by atomic mass is 10.2. The molecule has 0 bridgehead atoms. The summed E-state index contributed by atoms with van der Waals surface area (Å²) in [4.78, 5) is 34.2. The van der Waals surface area contributed by atoms with E-state index in [9.17, 15) is 9.59 Å². The number of aryl methyl sites for hydroxylation is 1. The molecular weight excluding hydrogens is 322 g/mol. The second-order valence-electron chi connectivity index (χ2n) is 5.93. The van der Waals surface area contributed by atoms with E-state index in [0.29, 0.717) is 43.5 Å². The molecule has 8 heteroatoms. The summed E-state index contributed by atoms with van der Waals surface area (Å²) >= 11 is 0. The SMILES string of the molecule is CC(=O)NCc1ccnc(C2CN(C(=O)c3cccn3C)CCO2)n1. The van der Waals surface area contributed by atoms with Crippen LogP contribution in [0.4, 0.5) is 0 Å². The first-order valence-corrected chi connectivity index (χ1v) is 8.13.